The highest BCUT2D eigenvalue weighted by molar-refractivity contribution is 7.99. The predicted octanol–water partition coefficient (Wildman–Crippen LogP) is 5.10. The quantitative estimate of drug-likeness (QED) is 0.688. The van der Waals surface area contributed by atoms with Gasteiger partial charge in [0.1, 0.15) is 5.75 Å². The number of carbonyl (C=O) groups excluding carboxylic acids is 1. The molecule has 0 bridgehead atoms. The van der Waals surface area contributed by atoms with Crippen molar-refractivity contribution in [2.24, 2.45) is 0 Å². The fourth-order valence-corrected chi connectivity index (χ4v) is 3.44. The van der Waals surface area contributed by atoms with E-state index in [-0.39, 0.29) is 12.1 Å². The van der Waals surface area contributed by atoms with Crippen molar-refractivity contribution in [3.63, 3.8) is 0 Å². The van der Waals surface area contributed by atoms with Gasteiger partial charge in [-0.1, -0.05) is 38.1 Å². The van der Waals surface area contributed by atoms with E-state index in [0.29, 0.717) is 11.8 Å². The van der Waals surface area contributed by atoms with Gasteiger partial charge < -0.3 is 15.0 Å². The summed E-state index contributed by atoms with van der Waals surface area (Å²) in [6.07, 6.45) is 0. The van der Waals surface area contributed by atoms with Gasteiger partial charge in [-0.05, 0) is 42.3 Å². The van der Waals surface area contributed by atoms with Crippen LogP contribution < -0.4 is 10.1 Å². The molecule has 0 spiro atoms. The highest BCUT2D eigenvalue weighted by Gasteiger charge is 2.14. The normalized spacial score (nSPS) is 11.9. The molecule has 2 amide bonds. The van der Waals surface area contributed by atoms with Gasteiger partial charge >= 0.3 is 6.03 Å². The fraction of sp³-hybridized carbons (Fsp3) is 0.381. The SMILES string of the molecule is COc1cccc(CN(C)C(=O)NC(C)c2ccc(SC(C)C)cc2)c1. The molecule has 2 aromatic rings. The first-order chi connectivity index (χ1) is 12.4. The van der Waals surface area contributed by atoms with Gasteiger partial charge in [0.15, 0.2) is 0 Å². The van der Waals surface area contributed by atoms with E-state index in [2.05, 4.69) is 43.4 Å². The zero-order chi connectivity index (χ0) is 19.1. The Labute approximate surface area is 160 Å². The number of hydrogen-bond acceptors (Lipinski definition) is 3. The van der Waals surface area contributed by atoms with Gasteiger partial charge in [0.2, 0.25) is 0 Å². The first-order valence-corrected chi connectivity index (χ1v) is 9.68. The fourth-order valence-electron chi connectivity index (χ4n) is 2.60. The maximum absolute atomic E-state index is 12.5. The predicted molar refractivity (Wildman–Crippen MR) is 109 cm³/mol. The molecule has 26 heavy (non-hydrogen) atoms. The Bertz CT molecular complexity index is 716. The summed E-state index contributed by atoms with van der Waals surface area (Å²) in [5.74, 6) is 0.795. The molecule has 2 aromatic carbocycles. The van der Waals surface area contributed by atoms with Gasteiger partial charge in [-0.25, -0.2) is 4.79 Å². The van der Waals surface area contributed by atoms with Crippen LogP contribution in [0.15, 0.2) is 53.4 Å². The van der Waals surface area contributed by atoms with Crippen LogP contribution in [0.1, 0.15) is 37.9 Å². The number of thioether (sulfide) groups is 1. The third kappa shape index (κ3) is 5.99. The molecule has 0 fully saturated rings. The van der Waals surface area contributed by atoms with Crippen LogP contribution in [0.3, 0.4) is 0 Å². The smallest absolute Gasteiger partial charge is 0.317 e. The molecule has 0 aliphatic heterocycles. The number of urea groups is 1. The lowest BCUT2D eigenvalue weighted by Crippen LogP contribution is -2.38. The van der Waals surface area contributed by atoms with Crippen LogP contribution in [0.2, 0.25) is 0 Å². The molecule has 0 heterocycles. The van der Waals surface area contributed by atoms with E-state index in [9.17, 15) is 4.79 Å². The van der Waals surface area contributed by atoms with E-state index < -0.39 is 0 Å². The number of nitrogens with zero attached hydrogens (tertiary/aromatic N) is 1. The van der Waals surface area contributed by atoms with Crippen molar-refractivity contribution in [2.75, 3.05) is 14.2 Å². The van der Waals surface area contributed by atoms with Gasteiger partial charge in [0.05, 0.1) is 13.2 Å². The molecule has 0 aliphatic carbocycles. The Hall–Kier alpha value is -2.14. The van der Waals surface area contributed by atoms with Crippen molar-refractivity contribution in [1.82, 2.24) is 10.2 Å². The third-order valence-electron chi connectivity index (χ3n) is 3.99. The van der Waals surface area contributed by atoms with E-state index in [1.807, 2.05) is 43.0 Å². The lowest BCUT2D eigenvalue weighted by atomic mass is 10.1. The number of rotatable bonds is 7. The summed E-state index contributed by atoms with van der Waals surface area (Å²) in [7, 11) is 3.44. The summed E-state index contributed by atoms with van der Waals surface area (Å²) >= 11 is 1.84. The lowest BCUT2D eigenvalue weighted by Gasteiger charge is -2.22. The average molecular weight is 373 g/mol. The number of ether oxygens (including phenoxy) is 1. The molecule has 2 rings (SSSR count). The van der Waals surface area contributed by atoms with Crippen molar-refractivity contribution in [2.45, 2.75) is 43.5 Å². The summed E-state index contributed by atoms with van der Waals surface area (Å²) in [5.41, 5.74) is 2.13. The second kappa shape index (κ2) is 9.53. The molecule has 0 radical (unpaired) electrons. The van der Waals surface area contributed by atoms with Crippen LogP contribution in [0, 0.1) is 0 Å². The van der Waals surface area contributed by atoms with Gasteiger partial charge in [-0.15, -0.1) is 11.8 Å². The van der Waals surface area contributed by atoms with Crippen LogP contribution in [-0.2, 0) is 6.54 Å². The molecule has 0 aromatic heterocycles. The number of amides is 2. The molecule has 1 N–H and O–H groups in total. The first-order valence-electron chi connectivity index (χ1n) is 8.80. The van der Waals surface area contributed by atoms with E-state index in [1.165, 1.54) is 4.90 Å². The summed E-state index contributed by atoms with van der Waals surface area (Å²) in [6.45, 7) is 6.89. The standard InChI is InChI=1S/C21H28N2O2S/c1-15(2)26-20-11-9-18(10-12-20)16(3)22-21(24)23(4)14-17-7-6-8-19(13-17)25-5/h6-13,15-16H,14H2,1-5H3,(H,22,24). The highest BCUT2D eigenvalue weighted by atomic mass is 32.2. The van der Waals surface area contributed by atoms with Crippen LogP contribution in [0.4, 0.5) is 4.79 Å². The lowest BCUT2D eigenvalue weighted by molar-refractivity contribution is 0.203. The molecular formula is C21H28N2O2S. The molecule has 140 valence electrons. The molecular weight excluding hydrogens is 344 g/mol. The molecule has 1 atom stereocenters. The van der Waals surface area contributed by atoms with Gasteiger partial charge in [-0.3, -0.25) is 0 Å². The van der Waals surface area contributed by atoms with Crippen molar-refractivity contribution in [3.8, 4) is 5.75 Å². The molecule has 1 unspecified atom stereocenters. The van der Waals surface area contributed by atoms with E-state index in [1.54, 1.807) is 19.1 Å². The molecule has 0 saturated carbocycles. The Morgan fingerprint density at radius 2 is 1.85 bits per heavy atom. The zero-order valence-corrected chi connectivity index (χ0v) is 17.0. The summed E-state index contributed by atoms with van der Waals surface area (Å²) in [6, 6.07) is 16.0. The van der Waals surface area contributed by atoms with Crippen LogP contribution >= 0.6 is 11.8 Å². The largest absolute Gasteiger partial charge is 0.497 e. The van der Waals surface area contributed by atoms with Crippen LogP contribution in [-0.4, -0.2) is 30.3 Å². The topological polar surface area (TPSA) is 41.6 Å². The number of carbonyl (C=O) groups is 1. The van der Waals surface area contributed by atoms with Crippen molar-refractivity contribution in [1.29, 1.82) is 0 Å². The van der Waals surface area contributed by atoms with Crippen LogP contribution in [0.5, 0.6) is 5.75 Å². The summed E-state index contributed by atoms with van der Waals surface area (Å²) in [5, 5.41) is 3.61. The minimum Gasteiger partial charge on any atom is -0.497 e. The molecule has 5 heteroatoms. The number of nitrogens with one attached hydrogen (secondary N) is 1. The van der Waals surface area contributed by atoms with Crippen molar-refractivity contribution < 1.29 is 9.53 Å². The number of benzene rings is 2. The Morgan fingerprint density at radius 3 is 2.46 bits per heavy atom. The van der Waals surface area contributed by atoms with E-state index >= 15 is 0 Å². The van der Waals surface area contributed by atoms with Crippen molar-refractivity contribution >= 4 is 17.8 Å². The first kappa shape index (κ1) is 20.2. The number of methoxy groups -OCH3 is 1. The Morgan fingerprint density at radius 1 is 1.15 bits per heavy atom. The van der Waals surface area contributed by atoms with Crippen molar-refractivity contribution in [3.05, 3.63) is 59.7 Å². The highest BCUT2D eigenvalue weighted by Crippen LogP contribution is 2.24. The maximum Gasteiger partial charge on any atom is 0.317 e. The molecule has 0 aliphatic rings. The minimum absolute atomic E-state index is 0.0478. The minimum atomic E-state index is -0.0963. The van der Waals surface area contributed by atoms with Crippen LogP contribution in [0.25, 0.3) is 0 Å². The Kier molecular flexibility index (Phi) is 7.39. The summed E-state index contributed by atoms with van der Waals surface area (Å²) in [4.78, 5) is 15.4. The zero-order valence-electron chi connectivity index (χ0n) is 16.2. The average Bonchev–Trinajstić information content (AvgIpc) is 2.61. The number of hydrogen-bond donors (Lipinski definition) is 1. The van der Waals surface area contributed by atoms with Gasteiger partial charge in [0.25, 0.3) is 0 Å². The van der Waals surface area contributed by atoms with E-state index in [4.69, 9.17) is 4.74 Å². The second-order valence-corrected chi connectivity index (χ2v) is 8.26. The van der Waals surface area contributed by atoms with Gasteiger partial charge in [-0.2, -0.15) is 0 Å². The maximum atomic E-state index is 12.5. The second-order valence-electron chi connectivity index (χ2n) is 6.61. The third-order valence-corrected chi connectivity index (χ3v) is 5.01. The Balaban J connectivity index is 1.92. The van der Waals surface area contributed by atoms with Gasteiger partial charge in [0, 0.05) is 23.7 Å². The summed E-state index contributed by atoms with van der Waals surface area (Å²) < 4.78 is 5.23. The monoisotopic (exact) mass is 372 g/mol. The molecule has 0 saturated heterocycles. The van der Waals surface area contributed by atoms with E-state index in [0.717, 1.165) is 16.9 Å². The molecule has 4 nitrogen and oxygen atoms in total.